The molecule has 1 aromatic heterocycles. The van der Waals surface area contributed by atoms with Gasteiger partial charge >= 0.3 is 5.63 Å². The lowest BCUT2D eigenvalue weighted by atomic mass is 10.1. The van der Waals surface area contributed by atoms with Crippen LogP contribution in [-0.2, 0) is 0 Å². The van der Waals surface area contributed by atoms with Crippen LogP contribution in [0.25, 0.3) is 22.1 Å². The lowest BCUT2D eigenvalue weighted by Crippen LogP contribution is -2.22. The average molecular weight is 444 g/mol. The highest BCUT2D eigenvalue weighted by atomic mass is 79.9. The number of ether oxygens (including phenoxy) is 1. The van der Waals surface area contributed by atoms with Crippen LogP contribution in [0.15, 0.2) is 56.1 Å². The SMILES string of the molecule is CCCCOc1ccc(-c2cc3ccc(N(CC)CC)c(Br)c3oc2=O)cc1. The highest BCUT2D eigenvalue weighted by Gasteiger charge is 2.15. The summed E-state index contributed by atoms with van der Waals surface area (Å²) in [5, 5.41) is 0.889. The Hall–Kier alpha value is -2.27. The van der Waals surface area contributed by atoms with Gasteiger partial charge in [-0.25, -0.2) is 4.79 Å². The van der Waals surface area contributed by atoms with Crippen LogP contribution in [0.2, 0.25) is 0 Å². The molecule has 0 fully saturated rings. The molecule has 2 aromatic carbocycles. The van der Waals surface area contributed by atoms with Crippen LogP contribution in [0, 0.1) is 0 Å². The summed E-state index contributed by atoms with van der Waals surface area (Å²) in [5.41, 5.74) is 2.64. The lowest BCUT2D eigenvalue weighted by molar-refractivity contribution is 0.309. The van der Waals surface area contributed by atoms with E-state index in [0.717, 1.165) is 52.8 Å². The number of unbranched alkanes of at least 4 members (excludes halogenated alkanes) is 1. The number of fused-ring (bicyclic) bond motifs is 1. The maximum Gasteiger partial charge on any atom is 0.344 e. The number of anilines is 1. The van der Waals surface area contributed by atoms with Crippen LogP contribution in [0.4, 0.5) is 5.69 Å². The normalized spacial score (nSPS) is 11.0. The van der Waals surface area contributed by atoms with Gasteiger partial charge in [0.05, 0.1) is 22.3 Å². The number of nitrogens with zero attached hydrogens (tertiary/aromatic N) is 1. The molecule has 0 bridgehead atoms. The first-order valence-electron chi connectivity index (χ1n) is 9.83. The van der Waals surface area contributed by atoms with Crippen molar-refractivity contribution >= 4 is 32.6 Å². The molecule has 28 heavy (non-hydrogen) atoms. The molecule has 0 saturated heterocycles. The van der Waals surface area contributed by atoms with E-state index < -0.39 is 0 Å². The predicted molar refractivity (Wildman–Crippen MR) is 120 cm³/mol. The molecule has 5 heteroatoms. The first-order valence-corrected chi connectivity index (χ1v) is 10.6. The van der Waals surface area contributed by atoms with E-state index in [1.54, 1.807) is 0 Å². The maximum absolute atomic E-state index is 12.7. The number of rotatable bonds is 8. The second-order valence-electron chi connectivity index (χ2n) is 6.66. The number of hydrogen-bond donors (Lipinski definition) is 0. The summed E-state index contributed by atoms with van der Waals surface area (Å²) in [7, 11) is 0. The zero-order valence-electron chi connectivity index (χ0n) is 16.6. The Bertz CT molecular complexity index is 991. The van der Waals surface area contributed by atoms with Crippen molar-refractivity contribution in [2.24, 2.45) is 0 Å². The third kappa shape index (κ3) is 4.25. The third-order valence-electron chi connectivity index (χ3n) is 4.86. The summed E-state index contributed by atoms with van der Waals surface area (Å²) in [6.07, 6.45) is 2.13. The highest BCUT2D eigenvalue weighted by Crippen LogP contribution is 2.34. The Morgan fingerprint density at radius 3 is 2.39 bits per heavy atom. The van der Waals surface area contributed by atoms with Crippen LogP contribution in [0.5, 0.6) is 5.75 Å². The molecule has 0 N–H and O–H groups in total. The van der Waals surface area contributed by atoms with E-state index in [4.69, 9.17) is 9.15 Å². The van der Waals surface area contributed by atoms with Crippen molar-refractivity contribution in [3.8, 4) is 16.9 Å². The number of benzene rings is 2. The van der Waals surface area contributed by atoms with Crippen LogP contribution >= 0.6 is 15.9 Å². The van der Waals surface area contributed by atoms with Gasteiger partial charge in [-0.15, -0.1) is 0 Å². The molecule has 3 aromatic rings. The fraction of sp³-hybridized carbons (Fsp3) is 0.348. The minimum Gasteiger partial charge on any atom is -0.494 e. The predicted octanol–water partition coefficient (Wildman–Crippen LogP) is 6.25. The van der Waals surface area contributed by atoms with E-state index in [-0.39, 0.29) is 5.63 Å². The molecular formula is C23H26BrNO3. The highest BCUT2D eigenvalue weighted by molar-refractivity contribution is 9.10. The van der Waals surface area contributed by atoms with E-state index in [0.29, 0.717) is 17.8 Å². The van der Waals surface area contributed by atoms with E-state index in [9.17, 15) is 4.79 Å². The molecule has 0 saturated carbocycles. The minimum absolute atomic E-state index is 0.343. The summed E-state index contributed by atoms with van der Waals surface area (Å²) < 4.78 is 12.2. The fourth-order valence-corrected chi connectivity index (χ4v) is 3.91. The molecule has 148 valence electrons. The fourth-order valence-electron chi connectivity index (χ4n) is 3.21. The van der Waals surface area contributed by atoms with E-state index in [1.807, 2.05) is 36.4 Å². The molecule has 3 rings (SSSR count). The van der Waals surface area contributed by atoms with Gasteiger partial charge in [-0.1, -0.05) is 25.5 Å². The molecule has 0 spiro atoms. The van der Waals surface area contributed by atoms with Crippen molar-refractivity contribution in [3.05, 3.63) is 57.4 Å². The zero-order valence-corrected chi connectivity index (χ0v) is 18.2. The summed E-state index contributed by atoms with van der Waals surface area (Å²) >= 11 is 3.63. The van der Waals surface area contributed by atoms with Crippen LogP contribution in [0.3, 0.4) is 0 Å². The lowest BCUT2D eigenvalue weighted by Gasteiger charge is -2.22. The Morgan fingerprint density at radius 1 is 1.04 bits per heavy atom. The first-order chi connectivity index (χ1) is 13.6. The monoisotopic (exact) mass is 443 g/mol. The van der Waals surface area contributed by atoms with Crippen molar-refractivity contribution in [1.29, 1.82) is 0 Å². The molecule has 0 aliphatic rings. The molecular weight excluding hydrogens is 418 g/mol. The largest absolute Gasteiger partial charge is 0.494 e. The van der Waals surface area contributed by atoms with Crippen LogP contribution in [-0.4, -0.2) is 19.7 Å². The van der Waals surface area contributed by atoms with Gasteiger partial charge in [0.1, 0.15) is 5.75 Å². The number of halogens is 1. The molecule has 0 aliphatic carbocycles. The van der Waals surface area contributed by atoms with E-state index in [1.165, 1.54) is 0 Å². The van der Waals surface area contributed by atoms with Gasteiger partial charge in [0.15, 0.2) is 5.58 Å². The van der Waals surface area contributed by atoms with Crippen molar-refractivity contribution in [3.63, 3.8) is 0 Å². The van der Waals surface area contributed by atoms with Crippen molar-refractivity contribution in [2.75, 3.05) is 24.6 Å². The first kappa shape index (κ1) is 20.5. The quantitative estimate of drug-likeness (QED) is 0.304. The van der Waals surface area contributed by atoms with Gasteiger partial charge in [-0.3, -0.25) is 0 Å². The number of hydrogen-bond acceptors (Lipinski definition) is 4. The van der Waals surface area contributed by atoms with Gasteiger partial charge in [0.2, 0.25) is 0 Å². The summed E-state index contributed by atoms with van der Waals surface area (Å²) in [5.74, 6) is 0.814. The second kappa shape index (κ2) is 9.28. The van der Waals surface area contributed by atoms with Crippen molar-refractivity contribution in [1.82, 2.24) is 0 Å². The van der Waals surface area contributed by atoms with E-state index in [2.05, 4.69) is 47.7 Å². The van der Waals surface area contributed by atoms with Gasteiger partial charge in [-0.05, 0) is 72.1 Å². The molecule has 0 radical (unpaired) electrons. The van der Waals surface area contributed by atoms with Crippen molar-refractivity contribution < 1.29 is 9.15 Å². The topological polar surface area (TPSA) is 42.7 Å². The summed E-state index contributed by atoms with van der Waals surface area (Å²) in [4.78, 5) is 14.9. The Balaban J connectivity index is 1.96. The van der Waals surface area contributed by atoms with Gasteiger partial charge in [0, 0.05) is 18.5 Å². The van der Waals surface area contributed by atoms with Crippen LogP contribution in [0.1, 0.15) is 33.6 Å². The molecule has 4 nitrogen and oxygen atoms in total. The van der Waals surface area contributed by atoms with Gasteiger partial charge in [-0.2, -0.15) is 0 Å². The van der Waals surface area contributed by atoms with Crippen LogP contribution < -0.4 is 15.3 Å². The molecule has 0 amide bonds. The zero-order chi connectivity index (χ0) is 20.1. The van der Waals surface area contributed by atoms with Crippen molar-refractivity contribution in [2.45, 2.75) is 33.6 Å². The molecule has 0 atom stereocenters. The smallest absolute Gasteiger partial charge is 0.344 e. The Labute approximate surface area is 174 Å². The Kier molecular flexibility index (Phi) is 6.79. The van der Waals surface area contributed by atoms with Gasteiger partial charge < -0.3 is 14.1 Å². The second-order valence-corrected chi connectivity index (χ2v) is 7.46. The van der Waals surface area contributed by atoms with Gasteiger partial charge in [0.25, 0.3) is 0 Å². The Morgan fingerprint density at radius 2 is 1.75 bits per heavy atom. The molecule has 1 heterocycles. The minimum atomic E-state index is -0.343. The summed E-state index contributed by atoms with van der Waals surface area (Å²) in [6, 6.07) is 13.6. The third-order valence-corrected chi connectivity index (χ3v) is 5.62. The standard InChI is InChI=1S/C23H26BrNO3/c1-4-7-14-27-18-11-8-16(9-12-18)19-15-17-10-13-20(25(5-2)6-3)21(24)22(17)28-23(19)26/h8-13,15H,4-7,14H2,1-3H3. The molecule has 0 unspecified atom stereocenters. The summed E-state index contributed by atoms with van der Waals surface area (Å²) in [6.45, 7) is 8.82. The average Bonchev–Trinajstić information content (AvgIpc) is 2.71. The van der Waals surface area contributed by atoms with E-state index >= 15 is 0 Å². The molecule has 0 aliphatic heterocycles. The maximum atomic E-state index is 12.7.